The van der Waals surface area contributed by atoms with Crippen LogP contribution in [0.2, 0.25) is 0 Å². The highest BCUT2D eigenvalue weighted by molar-refractivity contribution is 7.80. The molecule has 0 aliphatic heterocycles. The van der Waals surface area contributed by atoms with Crippen molar-refractivity contribution >= 4 is 41.8 Å². The smallest absolute Gasteiger partial charge is 0.359 e. The summed E-state index contributed by atoms with van der Waals surface area (Å²) in [5, 5.41) is 7.38. The Morgan fingerprint density at radius 2 is 1.17 bits per heavy atom. The fourth-order valence-corrected chi connectivity index (χ4v) is 7.04. The first-order valence-corrected chi connectivity index (χ1v) is 14.7. The van der Waals surface area contributed by atoms with E-state index >= 15 is 0 Å². The molecule has 0 fully saturated rings. The van der Waals surface area contributed by atoms with Gasteiger partial charge in [-0.05, 0) is 67.1 Å². The van der Waals surface area contributed by atoms with Crippen LogP contribution in [0.3, 0.4) is 0 Å². The van der Waals surface area contributed by atoms with E-state index in [0.29, 0.717) is 24.7 Å². The molecular formula is C31H25F6N2OPS. The lowest BCUT2D eigenvalue weighted by Gasteiger charge is -2.27. The molecule has 42 heavy (non-hydrogen) atoms. The van der Waals surface area contributed by atoms with Crippen LogP contribution in [0.15, 0.2) is 109 Å². The Balaban J connectivity index is 1.59. The summed E-state index contributed by atoms with van der Waals surface area (Å²) < 4.78 is 79.8. The summed E-state index contributed by atoms with van der Waals surface area (Å²) in [6, 6.07) is 29.7. The quantitative estimate of drug-likeness (QED) is 0.126. The molecule has 4 aromatic carbocycles. The number of carbonyl (C=O) groups excluding carboxylic acids is 1. The molecule has 0 saturated heterocycles. The van der Waals surface area contributed by atoms with Crippen molar-refractivity contribution in [1.29, 1.82) is 0 Å². The predicted molar refractivity (Wildman–Crippen MR) is 158 cm³/mol. The van der Waals surface area contributed by atoms with Crippen LogP contribution in [-0.4, -0.2) is 23.2 Å². The maximum absolute atomic E-state index is 13.3. The molecule has 0 aliphatic carbocycles. The number of hydrogen-bond acceptors (Lipinski definition) is 2. The molecule has 218 valence electrons. The van der Waals surface area contributed by atoms with Gasteiger partial charge in [-0.25, -0.2) is 0 Å². The zero-order valence-electron chi connectivity index (χ0n) is 21.9. The summed E-state index contributed by atoms with van der Waals surface area (Å²) in [4.78, 5) is 12.8. The fourth-order valence-electron chi connectivity index (χ4n) is 4.34. The molecular weight excluding hydrogens is 593 g/mol. The second-order valence-corrected chi connectivity index (χ2v) is 12.1. The number of nitrogens with one attached hydrogen (secondary N) is 2. The van der Waals surface area contributed by atoms with Crippen LogP contribution in [-0.2, 0) is 18.8 Å². The highest BCUT2D eigenvalue weighted by Gasteiger charge is 2.37. The first-order valence-electron chi connectivity index (χ1n) is 12.7. The molecule has 1 atom stereocenters. The molecule has 1 amide bonds. The highest BCUT2D eigenvalue weighted by Crippen LogP contribution is 2.37. The lowest BCUT2D eigenvalue weighted by molar-refractivity contribution is -0.143. The minimum absolute atomic E-state index is 0.0291. The number of amides is 1. The molecule has 4 rings (SSSR count). The molecule has 0 spiro atoms. The Labute approximate surface area is 245 Å². The third kappa shape index (κ3) is 8.63. The number of alkyl halides is 6. The maximum atomic E-state index is 13.3. The van der Waals surface area contributed by atoms with E-state index in [1.54, 1.807) is 0 Å². The number of benzene rings is 4. The molecule has 4 aromatic rings. The summed E-state index contributed by atoms with van der Waals surface area (Å²) in [5.74, 6) is -1.18. The number of hydrogen-bond donors (Lipinski definition) is 2. The zero-order chi connectivity index (χ0) is 30.3. The predicted octanol–water partition coefficient (Wildman–Crippen LogP) is 7.07. The number of carbonyl (C=O) groups is 1. The Morgan fingerprint density at radius 1 is 0.714 bits per heavy atom. The second kappa shape index (κ2) is 13.5. The Bertz CT molecular complexity index is 1430. The Hall–Kier alpha value is -3.75. The molecule has 0 bridgehead atoms. The lowest BCUT2D eigenvalue weighted by Crippen LogP contribution is -2.47. The molecule has 0 heterocycles. The number of thiocarbonyl (C=S) groups is 1. The van der Waals surface area contributed by atoms with Gasteiger partial charge in [0.05, 0.1) is 11.1 Å². The average Bonchev–Trinajstić information content (AvgIpc) is 2.96. The summed E-state index contributed by atoms with van der Waals surface area (Å²) in [7, 11) is -0.901. The number of halogens is 6. The molecule has 0 saturated carbocycles. The Kier molecular flexibility index (Phi) is 10.0. The van der Waals surface area contributed by atoms with Crippen LogP contribution >= 0.6 is 20.1 Å². The highest BCUT2D eigenvalue weighted by atomic mass is 32.1. The lowest BCUT2D eigenvalue weighted by atomic mass is 10.0. The van der Waals surface area contributed by atoms with E-state index in [1.807, 2.05) is 91.0 Å². The molecule has 0 aromatic heterocycles. The van der Waals surface area contributed by atoms with Crippen LogP contribution in [0.4, 0.5) is 26.3 Å². The second-order valence-electron chi connectivity index (χ2n) is 9.39. The van der Waals surface area contributed by atoms with Crippen molar-refractivity contribution in [3.8, 4) is 0 Å². The average molecular weight is 619 g/mol. The van der Waals surface area contributed by atoms with Crippen molar-refractivity contribution in [2.45, 2.75) is 24.8 Å². The van der Waals surface area contributed by atoms with Crippen molar-refractivity contribution in [2.75, 3.05) is 6.16 Å². The van der Waals surface area contributed by atoms with E-state index in [-0.39, 0.29) is 17.2 Å². The van der Waals surface area contributed by atoms with Gasteiger partial charge in [-0.1, -0.05) is 91.0 Å². The van der Waals surface area contributed by atoms with Gasteiger partial charge in [0.15, 0.2) is 5.11 Å². The van der Waals surface area contributed by atoms with Gasteiger partial charge >= 0.3 is 12.4 Å². The van der Waals surface area contributed by atoms with Crippen molar-refractivity contribution < 1.29 is 31.1 Å². The van der Waals surface area contributed by atoms with Crippen molar-refractivity contribution in [1.82, 2.24) is 10.6 Å². The van der Waals surface area contributed by atoms with Crippen LogP contribution in [0.25, 0.3) is 0 Å². The maximum Gasteiger partial charge on any atom is 0.416 e. The molecule has 2 N–H and O–H groups in total. The molecule has 0 aliphatic rings. The van der Waals surface area contributed by atoms with Gasteiger partial charge in [0, 0.05) is 11.6 Å². The van der Waals surface area contributed by atoms with Gasteiger partial charge < -0.3 is 5.32 Å². The van der Waals surface area contributed by atoms with Gasteiger partial charge in [0.1, 0.15) is 0 Å². The normalized spacial score (nSPS) is 12.5. The van der Waals surface area contributed by atoms with Gasteiger partial charge in [0.2, 0.25) is 0 Å². The molecule has 11 heteroatoms. The van der Waals surface area contributed by atoms with Crippen LogP contribution in [0, 0.1) is 0 Å². The first-order chi connectivity index (χ1) is 19.9. The van der Waals surface area contributed by atoms with Crippen LogP contribution in [0.1, 0.15) is 27.0 Å². The van der Waals surface area contributed by atoms with Gasteiger partial charge in [-0.15, -0.1) is 0 Å². The van der Waals surface area contributed by atoms with E-state index in [1.165, 1.54) is 0 Å². The van der Waals surface area contributed by atoms with E-state index in [0.717, 1.165) is 16.2 Å². The summed E-state index contributed by atoms with van der Waals surface area (Å²) >= 11 is 5.34. The zero-order valence-corrected chi connectivity index (χ0v) is 23.6. The monoisotopic (exact) mass is 618 g/mol. The van der Waals surface area contributed by atoms with Crippen LogP contribution in [0.5, 0.6) is 0 Å². The van der Waals surface area contributed by atoms with E-state index < -0.39 is 42.9 Å². The van der Waals surface area contributed by atoms with Gasteiger partial charge in [0.25, 0.3) is 5.91 Å². The van der Waals surface area contributed by atoms with Gasteiger partial charge in [-0.3, -0.25) is 10.1 Å². The van der Waals surface area contributed by atoms with Crippen LogP contribution < -0.4 is 21.2 Å². The van der Waals surface area contributed by atoms with Crippen molar-refractivity contribution in [3.63, 3.8) is 0 Å². The minimum atomic E-state index is -5.08. The summed E-state index contributed by atoms with van der Waals surface area (Å²) in [5.41, 5.74) is -3.00. The third-order valence-electron chi connectivity index (χ3n) is 6.28. The summed E-state index contributed by atoms with van der Waals surface area (Å²) in [6.07, 6.45) is -9.09. The SMILES string of the molecule is O=C(NC(=S)N[C@@H](Cc1ccccc1)CP(c1ccccc1)c1ccccc1)c1cc(C(F)(F)F)cc(C(F)(F)F)c1. The van der Waals surface area contributed by atoms with Crippen molar-refractivity contribution in [3.05, 3.63) is 131 Å². The van der Waals surface area contributed by atoms with E-state index in [2.05, 4.69) is 10.6 Å². The molecule has 0 radical (unpaired) electrons. The van der Waals surface area contributed by atoms with E-state index in [9.17, 15) is 31.1 Å². The van der Waals surface area contributed by atoms with E-state index in [4.69, 9.17) is 12.2 Å². The minimum Gasteiger partial charge on any atom is -0.359 e. The topological polar surface area (TPSA) is 41.1 Å². The van der Waals surface area contributed by atoms with Crippen molar-refractivity contribution in [2.24, 2.45) is 0 Å². The fraction of sp³-hybridized carbons (Fsp3) is 0.161. The number of rotatable bonds is 8. The summed E-state index contributed by atoms with van der Waals surface area (Å²) in [6.45, 7) is 0. The first kappa shape index (κ1) is 31.2. The Morgan fingerprint density at radius 3 is 1.62 bits per heavy atom. The standard InChI is InChI=1S/C31H25F6N2OPS/c32-30(33,34)23-17-22(18-24(19-23)31(35,36)37)28(40)39-29(42)38-25(16-21-10-4-1-5-11-21)20-41(26-12-6-2-7-13-26)27-14-8-3-9-15-27/h1-15,17-19,25H,16,20H2,(H2,38,39,40,42)/t25-/m0/s1. The molecule has 3 nitrogen and oxygen atoms in total. The third-order valence-corrected chi connectivity index (χ3v) is 9.14. The largest absolute Gasteiger partial charge is 0.416 e. The molecule has 0 unspecified atom stereocenters. The van der Waals surface area contributed by atoms with Gasteiger partial charge in [-0.2, -0.15) is 26.3 Å².